The van der Waals surface area contributed by atoms with Gasteiger partial charge in [0.05, 0.1) is 17.9 Å². The van der Waals surface area contributed by atoms with Gasteiger partial charge in [-0.25, -0.2) is 4.98 Å². The van der Waals surface area contributed by atoms with Gasteiger partial charge in [-0.2, -0.15) is 4.39 Å². The monoisotopic (exact) mass is 265 g/mol. The van der Waals surface area contributed by atoms with Crippen molar-refractivity contribution in [3.8, 4) is 5.75 Å². The molecular formula is C12H12FN3O3. The maximum absolute atomic E-state index is 13.3. The van der Waals surface area contributed by atoms with E-state index in [-0.39, 0.29) is 5.75 Å². The molecule has 0 atom stereocenters. The molecule has 0 saturated carbocycles. The number of aryl methyl sites for hydroxylation is 1. The number of hydrogen-bond acceptors (Lipinski definition) is 4. The third kappa shape index (κ3) is 3.51. The molecular weight excluding hydrogens is 253 g/mol. The number of imidazole rings is 1. The van der Waals surface area contributed by atoms with Gasteiger partial charge in [-0.15, -0.1) is 0 Å². The van der Waals surface area contributed by atoms with Crippen molar-refractivity contribution in [1.29, 1.82) is 0 Å². The highest BCUT2D eigenvalue weighted by Crippen LogP contribution is 2.22. The minimum Gasteiger partial charge on any atom is -0.493 e. The van der Waals surface area contributed by atoms with Crippen molar-refractivity contribution < 1.29 is 14.1 Å². The molecule has 0 N–H and O–H groups in total. The number of halogens is 1. The maximum atomic E-state index is 13.3. The third-order valence-corrected chi connectivity index (χ3v) is 2.50. The van der Waals surface area contributed by atoms with E-state index < -0.39 is 16.4 Å². The smallest absolute Gasteiger partial charge is 0.305 e. The number of aromatic nitrogens is 2. The van der Waals surface area contributed by atoms with E-state index in [0.717, 1.165) is 25.1 Å². The molecule has 0 spiro atoms. The average Bonchev–Trinajstić information content (AvgIpc) is 2.87. The molecule has 0 aliphatic rings. The van der Waals surface area contributed by atoms with Gasteiger partial charge in [-0.1, -0.05) is 0 Å². The minimum absolute atomic E-state index is 0.286. The van der Waals surface area contributed by atoms with Crippen LogP contribution < -0.4 is 4.74 Å². The highest BCUT2D eigenvalue weighted by molar-refractivity contribution is 5.37. The summed E-state index contributed by atoms with van der Waals surface area (Å²) >= 11 is 0. The van der Waals surface area contributed by atoms with Crippen molar-refractivity contribution in [3.63, 3.8) is 0 Å². The van der Waals surface area contributed by atoms with Gasteiger partial charge in [-0.3, -0.25) is 10.1 Å². The molecule has 0 aliphatic carbocycles. The summed E-state index contributed by atoms with van der Waals surface area (Å²) in [5.74, 6) is -0.606. The van der Waals surface area contributed by atoms with Crippen LogP contribution in [0.4, 0.5) is 10.1 Å². The standard InChI is InChI=1S/C12H12FN3O3/c13-11-8-10(2-3-12(11)16(17)18)19-7-1-5-15-6-4-14-9-15/h2-4,6,8-9H,1,5,7H2. The topological polar surface area (TPSA) is 70.2 Å². The quantitative estimate of drug-likeness (QED) is 0.457. The van der Waals surface area contributed by atoms with Crippen LogP contribution in [0.1, 0.15) is 6.42 Å². The van der Waals surface area contributed by atoms with E-state index in [9.17, 15) is 14.5 Å². The molecule has 1 aromatic carbocycles. The van der Waals surface area contributed by atoms with Crippen LogP contribution in [-0.2, 0) is 6.54 Å². The fraction of sp³-hybridized carbons (Fsp3) is 0.250. The summed E-state index contributed by atoms with van der Waals surface area (Å²) in [7, 11) is 0. The Labute approximate surface area is 108 Å². The van der Waals surface area contributed by atoms with E-state index >= 15 is 0 Å². The summed E-state index contributed by atoms with van der Waals surface area (Å²) in [4.78, 5) is 13.6. The number of nitro benzene ring substituents is 1. The van der Waals surface area contributed by atoms with E-state index in [1.54, 1.807) is 12.5 Å². The summed E-state index contributed by atoms with van der Waals surface area (Å²) in [5.41, 5.74) is -0.550. The van der Waals surface area contributed by atoms with Crippen molar-refractivity contribution in [1.82, 2.24) is 9.55 Å². The molecule has 0 fully saturated rings. The predicted octanol–water partition coefficient (Wildman–Crippen LogP) is 2.40. The molecule has 100 valence electrons. The molecule has 1 aromatic heterocycles. The zero-order valence-corrected chi connectivity index (χ0v) is 10.0. The van der Waals surface area contributed by atoms with Gasteiger partial charge in [0.2, 0.25) is 5.82 Å². The first-order valence-corrected chi connectivity index (χ1v) is 5.69. The molecule has 19 heavy (non-hydrogen) atoms. The highest BCUT2D eigenvalue weighted by atomic mass is 19.1. The van der Waals surface area contributed by atoms with Crippen LogP contribution in [0.5, 0.6) is 5.75 Å². The fourth-order valence-corrected chi connectivity index (χ4v) is 1.58. The molecule has 0 bridgehead atoms. The van der Waals surface area contributed by atoms with Crippen LogP contribution in [0.3, 0.4) is 0 Å². The lowest BCUT2D eigenvalue weighted by molar-refractivity contribution is -0.387. The molecule has 1 heterocycles. The van der Waals surface area contributed by atoms with Gasteiger partial charge in [-0.05, 0) is 12.5 Å². The number of rotatable bonds is 6. The number of benzene rings is 1. The van der Waals surface area contributed by atoms with Gasteiger partial charge in [0.15, 0.2) is 0 Å². The lowest BCUT2D eigenvalue weighted by Gasteiger charge is -2.06. The Morgan fingerprint density at radius 3 is 2.95 bits per heavy atom. The van der Waals surface area contributed by atoms with Gasteiger partial charge in [0.1, 0.15) is 5.75 Å². The number of nitrogens with zero attached hydrogens (tertiary/aromatic N) is 3. The first-order chi connectivity index (χ1) is 9.16. The molecule has 0 aliphatic heterocycles. The van der Waals surface area contributed by atoms with Crippen LogP contribution in [0.15, 0.2) is 36.9 Å². The van der Waals surface area contributed by atoms with Gasteiger partial charge < -0.3 is 9.30 Å². The Morgan fingerprint density at radius 2 is 2.32 bits per heavy atom. The second kappa shape index (κ2) is 5.94. The number of ether oxygens (including phenoxy) is 1. The minimum atomic E-state index is -0.892. The second-order valence-corrected chi connectivity index (χ2v) is 3.87. The molecule has 0 amide bonds. The molecule has 2 aromatic rings. The van der Waals surface area contributed by atoms with E-state index in [0.29, 0.717) is 6.61 Å². The van der Waals surface area contributed by atoms with E-state index in [2.05, 4.69) is 4.98 Å². The van der Waals surface area contributed by atoms with E-state index in [1.807, 2.05) is 10.8 Å². The SMILES string of the molecule is O=[N+]([O-])c1ccc(OCCCn2ccnc2)cc1F. The normalized spacial score (nSPS) is 10.4. The van der Waals surface area contributed by atoms with Crippen LogP contribution in [0, 0.1) is 15.9 Å². The predicted molar refractivity (Wildman–Crippen MR) is 65.4 cm³/mol. The first kappa shape index (κ1) is 13.0. The van der Waals surface area contributed by atoms with Crippen molar-refractivity contribution in [2.45, 2.75) is 13.0 Å². The Morgan fingerprint density at radius 1 is 1.47 bits per heavy atom. The molecule has 0 unspecified atom stereocenters. The lowest BCUT2D eigenvalue weighted by atomic mass is 10.3. The van der Waals surface area contributed by atoms with E-state index in [1.165, 1.54) is 6.07 Å². The van der Waals surface area contributed by atoms with Crippen LogP contribution in [0.25, 0.3) is 0 Å². The molecule has 6 nitrogen and oxygen atoms in total. The Balaban J connectivity index is 1.83. The van der Waals surface area contributed by atoms with E-state index in [4.69, 9.17) is 4.74 Å². The van der Waals surface area contributed by atoms with Crippen LogP contribution >= 0.6 is 0 Å². The largest absolute Gasteiger partial charge is 0.493 e. The fourth-order valence-electron chi connectivity index (χ4n) is 1.58. The van der Waals surface area contributed by atoms with Crippen molar-refractivity contribution in [2.75, 3.05) is 6.61 Å². The summed E-state index contributed by atoms with van der Waals surface area (Å²) in [6.07, 6.45) is 5.96. The number of hydrogen-bond donors (Lipinski definition) is 0. The number of nitro groups is 1. The Kier molecular flexibility index (Phi) is 4.07. The first-order valence-electron chi connectivity index (χ1n) is 5.69. The Bertz CT molecular complexity index is 557. The van der Waals surface area contributed by atoms with Gasteiger partial charge in [0, 0.05) is 31.1 Å². The average molecular weight is 265 g/mol. The zero-order valence-electron chi connectivity index (χ0n) is 10.0. The zero-order chi connectivity index (χ0) is 13.7. The summed E-state index contributed by atoms with van der Waals surface area (Å²) in [5, 5.41) is 10.4. The summed E-state index contributed by atoms with van der Waals surface area (Å²) in [6, 6.07) is 3.51. The Hall–Kier alpha value is -2.44. The van der Waals surface area contributed by atoms with Crippen molar-refractivity contribution >= 4 is 5.69 Å². The molecule has 0 saturated heterocycles. The molecule has 7 heteroatoms. The van der Waals surface area contributed by atoms with Crippen LogP contribution in [0.2, 0.25) is 0 Å². The second-order valence-electron chi connectivity index (χ2n) is 3.87. The summed E-state index contributed by atoms with van der Waals surface area (Å²) in [6.45, 7) is 1.14. The third-order valence-electron chi connectivity index (χ3n) is 2.50. The van der Waals surface area contributed by atoms with Gasteiger partial charge in [0.25, 0.3) is 0 Å². The van der Waals surface area contributed by atoms with Crippen molar-refractivity contribution in [2.24, 2.45) is 0 Å². The van der Waals surface area contributed by atoms with Crippen LogP contribution in [-0.4, -0.2) is 21.1 Å². The summed E-state index contributed by atoms with van der Waals surface area (Å²) < 4.78 is 20.5. The van der Waals surface area contributed by atoms with Gasteiger partial charge >= 0.3 is 5.69 Å². The molecule has 0 radical (unpaired) electrons. The highest BCUT2D eigenvalue weighted by Gasteiger charge is 2.13. The maximum Gasteiger partial charge on any atom is 0.305 e. The lowest BCUT2D eigenvalue weighted by Crippen LogP contribution is -2.03. The molecule has 2 rings (SSSR count). The van der Waals surface area contributed by atoms with Crippen molar-refractivity contribution in [3.05, 3.63) is 52.9 Å².